The van der Waals surface area contributed by atoms with Crippen LogP contribution in [0, 0.1) is 0 Å². The van der Waals surface area contributed by atoms with E-state index >= 15 is 0 Å². The first-order valence-electron chi connectivity index (χ1n) is 2.64. The predicted molar refractivity (Wildman–Crippen MR) is 33.0 cm³/mol. The second-order valence-corrected chi connectivity index (χ2v) is 8.64. The quantitative estimate of drug-likeness (QED) is 0.395. The molecule has 0 spiro atoms. The van der Waals surface area contributed by atoms with Crippen LogP contribution in [-0.4, -0.2) is 14.7 Å². The average molecular weight is 140 g/mol. The van der Waals surface area contributed by atoms with Crippen molar-refractivity contribution in [2.75, 3.05) is 6.61 Å². The Morgan fingerprint density at radius 3 is 1.62 bits per heavy atom. The van der Waals surface area contributed by atoms with Crippen LogP contribution in [-0.2, 0) is 0 Å². The number of hydrogen-bond donors (Lipinski definition) is 0. The second kappa shape index (κ2) is 5.00. The van der Waals surface area contributed by atoms with Gasteiger partial charge in [-0.2, -0.15) is 0 Å². The first kappa shape index (κ1) is 11.9. The third kappa shape index (κ3) is 10.2. The van der Waals surface area contributed by atoms with Gasteiger partial charge in [0.1, 0.15) is 0 Å². The van der Waals surface area contributed by atoms with E-state index in [1.54, 1.807) is 0 Å². The molecule has 0 radical (unpaired) electrons. The zero-order valence-corrected chi connectivity index (χ0v) is 9.32. The summed E-state index contributed by atoms with van der Waals surface area (Å²) in [6.07, 6.45) is 0. The van der Waals surface area contributed by atoms with Gasteiger partial charge in [0.2, 0.25) is 0 Å². The van der Waals surface area contributed by atoms with Crippen LogP contribution in [0.4, 0.5) is 0 Å². The molecule has 8 heavy (non-hydrogen) atoms. The summed E-state index contributed by atoms with van der Waals surface area (Å²) in [7, 11) is -0.970. The molecule has 0 aliphatic heterocycles. The van der Waals surface area contributed by atoms with E-state index in [1.807, 2.05) is 0 Å². The smallest absolute Gasteiger partial charge is 0.855 e. The summed E-state index contributed by atoms with van der Waals surface area (Å²) in [5.41, 5.74) is 0. The van der Waals surface area contributed by atoms with E-state index in [-0.39, 0.29) is 36.2 Å². The zero-order valence-electron chi connectivity index (χ0n) is 6.32. The SMILES string of the molecule is C[Si](C)(C)CC[O-].[Na+]. The van der Waals surface area contributed by atoms with Crippen molar-refractivity contribution in [2.45, 2.75) is 25.7 Å². The van der Waals surface area contributed by atoms with Crippen molar-refractivity contribution >= 4 is 8.07 Å². The van der Waals surface area contributed by atoms with Gasteiger partial charge in [-0.05, 0) is 0 Å². The van der Waals surface area contributed by atoms with Crippen molar-refractivity contribution in [3.8, 4) is 0 Å². The minimum Gasteiger partial charge on any atom is -0.855 e. The fourth-order valence-electron chi connectivity index (χ4n) is 0.306. The Bertz CT molecular complexity index is 50.9. The number of hydrogen-bond acceptors (Lipinski definition) is 1. The maximum absolute atomic E-state index is 9.98. The minimum absolute atomic E-state index is 0. The Balaban J connectivity index is 0. The monoisotopic (exact) mass is 140 g/mol. The zero-order chi connectivity index (χ0) is 5.91. The molecule has 0 N–H and O–H groups in total. The minimum atomic E-state index is -0.970. The fourth-order valence-corrected chi connectivity index (χ4v) is 0.919. The molecule has 0 heterocycles. The van der Waals surface area contributed by atoms with Gasteiger partial charge in [-0.1, -0.05) is 25.7 Å². The molecule has 0 rings (SSSR count). The molecule has 0 saturated carbocycles. The van der Waals surface area contributed by atoms with Crippen LogP contribution >= 0.6 is 0 Å². The Hall–Kier alpha value is 1.18. The Labute approximate surface area is 74.8 Å². The van der Waals surface area contributed by atoms with E-state index in [0.29, 0.717) is 0 Å². The van der Waals surface area contributed by atoms with Gasteiger partial charge >= 0.3 is 29.6 Å². The summed E-state index contributed by atoms with van der Waals surface area (Å²) in [6.45, 7) is 6.76. The summed E-state index contributed by atoms with van der Waals surface area (Å²) < 4.78 is 0. The van der Waals surface area contributed by atoms with Gasteiger partial charge in [0.25, 0.3) is 0 Å². The molecule has 0 unspecified atom stereocenters. The third-order valence-corrected chi connectivity index (χ3v) is 2.56. The molecule has 0 aromatic heterocycles. The summed E-state index contributed by atoms with van der Waals surface area (Å²) in [5, 5.41) is 9.98. The van der Waals surface area contributed by atoms with Crippen LogP contribution in [0.1, 0.15) is 0 Å². The van der Waals surface area contributed by atoms with Gasteiger partial charge in [0, 0.05) is 8.07 Å². The molecule has 0 saturated heterocycles. The van der Waals surface area contributed by atoms with E-state index in [0.717, 1.165) is 6.04 Å². The summed E-state index contributed by atoms with van der Waals surface area (Å²) in [5.74, 6) is 0. The van der Waals surface area contributed by atoms with E-state index in [9.17, 15) is 5.11 Å². The van der Waals surface area contributed by atoms with Gasteiger partial charge in [0.05, 0.1) is 0 Å². The molecule has 0 aromatic carbocycles. The molecular weight excluding hydrogens is 127 g/mol. The average Bonchev–Trinajstić information content (AvgIpc) is 1.30. The Morgan fingerprint density at radius 1 is 1.25 bits per heavy atom. The van der Waals surface area contributed by atoms with Gasteiger partial charge in [-0.15, -0.1) is 6.61 Å². The molecule has 0 aliphatic rings. The Morgan fingerprint density at radius 2 is 1.62 bits per heavy atom. The van der Waals surface area contributed by atoms with Crippen molar-refractivity contribution in [3.63, 3.8) is 0 Å². The molecule has 0 aromatic rings. The molecular formula is C5H13NaOSi. The van der Waals surface area contributed by atoms with E-state index in [1.165, 1.54) is 0 Å². The first-order valence-corrected chi connectivity index (χ1v) is 6.35. The van der Waals surface area contributed by atoms with Crippen LogP contribution in [0.25, 0.3) is 0 Å². The summed E-state index contributed by atoms with van der Waals surface area (Å²) >= 11 is 0. The largest absolute Gasteiger partial charge is 1.00 e. The van der Waals surface area contributed by atoms with Crippen molar-refractivity contribution < 1.29 is 34.7 Å². The second-order valence-electron chi connectivity index (χ2n) is 3.01. The van der Waals surface area contributed by atoms with Gasteiger partial charge in [-0.3, -0.25) is 0 Å². The predicted octanol–water partition coefficient (Wildman–Crippen LogP) is -2.31. The summed E-state index contributed by atoms with van der Waals surface area (Å²) in [6, 6.07) is 0.924. The van der Waals surface area contributed by atoms with E-state index in [2.05, 4.69) is 19.6 Å². The van der Waals surface area contributed by atoms with Crippen LogP contribution < -0.4 is 34.7 Å². The van der Waals surface area contributed by atoms with Crippen LogP contribution in [0.5, 0.6) is 0 Å². The summed E-state index contributed by atoms with van der Waals surface area (Å²) in [4.78, 5) is 0. The maximum Gasteiger partial charge on any atom is 1.00 e. The van der Waals surface area contributed by atoms with Crippen LogP contribution in [0.3, 0.4) is 0 Å². The molecule has 1 nitrogen and oxygen atoms in total. The van der Waals surface area contributed by atoms with Crippen LogP contribution in [0.2, 0.25) is 25.7 Å². The van der Waals surface area contributed by atoms with Crippen LogP contribution in [0.15, 0.2) is 0 Å². The van der Waals surface area contributed by atoms with Crippen molar-refractivity contribution in [3.05, 3.63) is 0 Å². The van der Waals surface area contributed by atoms with Gasteiger partial charge in [-0.25, -0.2) is 0 Å². The van der Waals surface area contributed by atoms with E-state index < -0.39 is 8.07 Å². The first-order chi connectivity index (χ1) is 3.06. The standard InChI is InChI=1S/C5H13OSi.Na/c1-7(2,3)5-4-6;/h4-5H2,1-3H3;/q-1;+1. The van der Waals surface area contributed by atoms with Crippen molar-refractivity contribution in [2.24, 2.45) is 0 Å². The molecule has 0 fully saturated rings. The van der Waals surface area contributed by atoms with Gasteiger partial charge in [0.15, 0.2) is 0 Å². The Kier molecular flexibility index (Phi) is 7.45. The normalized spacial score (nSPS) is 10.5. The van der Waals surface area contributed by atoms with Gasteiger partial charge < -0.3 is 5.11 Å². The fraction of sp³-hybridized carbons (Fsp3) is 1.00. The molecule has 3 heteroatoms. The molecule has 0 bridgehead atoms. The van der Waals surface area contributed by atoms with E-state index in [4.69, 9.17) is 0 Å². The molecule has 0 amide bonds. The molecule has 0 atom stereocenters. The van der Waals surface area contributed by atoms with Crippen molar-refractivity contribution in [1.29, 1.82) is 0 Å². The molecule has 0 aliphatic carbocycles. The van der Waals surface area contributed by atoms with Crippen molar-refractivity contribution in [1.82, 2.24) is 0 Å². The maximum atomic E-state index is 9.98. The topological polar surface area (TPSA) is 23.1 Å². The third-order valence-electron chi connectivity index (χ3n) is 0.852. The number of rotatable bonds is 2. The molecule has 44 valence electrons.